The second-order valence-electron chi connectivity index (χ2n) is 18.4. The van der Waals surface area contributed by atoms with Gasteiger partial charge in [-0.15, -0.1) is 0 Å². The fourth-order valence-corrected chi connectivity index (χ4v) is 7.79. The standard InChI is InChI=1S/C53H66N6O13/c1-12-27-70-46-40(69-11)25-26-53(50(65)54-7)30-41(46)71-37-23-17-34(18-24-37)45(61)44(57-48(63)39(28-31(2)3)59(8)51(66)72-52(4,5)6)49(64)55-38(47(62)58-53)29-42(60)56-43(32-13-19-35(67-9)20-14-32)33-15-21-36(68-10)22-16-33/h12-26,30-31,38-39,43-45,61H,1,27-29H2,2-11H3,(H,54,65)(H,55,64)(H,56,60)(H,57,63)(H,58,62)/t38-,39+,44+,45+,53+/m0/s1. The minimum Gasteiger partial charge on any atom is -0.497 e. The summed E-state index contributed by atoms with van der Waals surface area (Å²) in [5, 5.41) is 25.6. The second-order valence-corrected chi connectivity index (χ2v) is 18.4. The number of aliphatic hydroxyl groups excluding tert-OH is 1. The van der Waals surface area contributed by atoms with Gasteiger partial charge in [-0.25, -0.2) is 4.79 Å². The van der Waals surface area contributed by atoms with Crippen LogP contribution in [0.1, 0.15) is 76.3 Å². The molecule has 4 bridgehead atoms. The lowest BCUT2D eigenvalue weighted by molar-refractivity contribution is -0.138. The van der Waals surface area contributed by atoms with Crippen LogP contribution in [0.5, 0.6) is 17.2 Å². The number of likely N-dealkylation sites (N-methyl/N-ethyl adjacent to an activating group) is 2. The van der Waals surface area contributed by atoms with Crippen LogP contribution < -0.4 is 40.8 Å². The Morgan fingerprint density at radius 1 is 0.903 bits per heavy atom. The molecule has 72 heavy (non-hydrogen) atoms. The molecular weight excluding hydrogens is 929 g/mol. The molecule has 1 aliphatic carbocycles. The smallest absolute Gasteiger partial charge is 0.410 e. The third kappa shape index (κ3) is 14.0. The summed E-state index contributed by atoms with van der Waals surface area (Å²) in [4.78, 5) is 87.7. The first kappa shape index (κ1) is 55.1. The average Bonchev–Trinajstić information content (AvgIpc) is 3.50. The number of aliphatic hydroxyl groups is 1. The van der Waals surface area contributed by atoms with Crippen molar-refractivity contribution < 1.29 is 62.3 Å². The van der Waals surface area contributed by atoms with Crippen molar-refractivity contribution in [3.8, 4) is 17.2 Å². The molecule has 3 aromatic carbocycles. The highest BCUT2D eigenvalue weighted by atomic mass is 16.6. The van der Waals surface area contributed by atoms with Crippen molar-refractivity contribution in [3.05, 3.63) is 138 Å². The molecule has 0 spiro atoms. The van der Waals surface area contributed by atoms with E-state index < -0.39 is 83.5 Å². The van der Waals surface area contributed by atoms with Crippen LogP contribution in [0.25, 0.3) is 0 Å². The molecule has 3 aliphatic rings. The van der Waals surface area contributed by atoms with Crippen LogP contribution in [0.2, 0.25) is 0 Å². The van der Waals surface area contributed by atoms with Gasteiger partial charge in [0.2, 0.25) is 29.4 Å². The van der Waals surface area contributed by atoms with Crippen LogP contribution in [-0.4, -0.2) is 117 Å². The van der Waals surface area contributed by atoms with E-state index in [1.165, 1.54) is 84.0 Å². The molecule has 2 heterocycles. The molecule has 0 saturated heterocycles. The van der Waals surface area contributed by atoms with Crippen molar-refractivity contribution in [2.45, 2.75) is 88.9 Å². The molecule has 19 heteroatoms. The van der Waals surface area contributed by atoms with Gasteiger partial charge in [0.15, 0.2) is 17.1 Å². The summed E-state index contributed by atoms with van der Waals surface area (Å²) in [7, 11) is 7.14. The number of hydrogen-bond donors (Lipinski definition) is 6. The Balaban J connectivity index is 1.66. The van der Waals surface area contributed by atoms with Gasteiger partial charge < -0.3 is 60.1 Å². The molecule has 6 rings (SSSR count). The van der Waals surface area contributed by atoms with E-state index in [1.807, 2.05) is 13.8 Å². The van der Waals surface area contributed by atoms with Gasteiger partial charge in [0.1, 0.15) is 53.7 Å². The van der Waals surface area contributed by atoms with Crippen LogP contribution in [0.3, 0.4) is 0 Å². The SMILES string of the molecule is C=CCOC1=C(OC)C=C[C@]2(C(=O)NC)C=C1Oc1ccc(cc1)[C@@H](O)[C@@H](NC(=O)[C@@H](CC(C)C)N(C)C(=O)OC(C)(C)C)C(=O)N[C@@H](CC(=O)NC(c1ccc(OC)cc1)c1ccc(OC)cc1)C(=O)N2. The molecule has 0 saturated carbocycles. The predicted octanol–water partition coefficient (Wildman–Crippen LogP) is 4.79. The zero-order valence-electron chi connectivity index (χ0n) is 42.3. The third-order valence-electron chi connectivity index (χ3n) is 11.5. The molecule has 6 amide bonds. The first-order valence-electron chi connectivity index (χ1n) is 23.2. The van der Waals surface area contributed by atoms with E-state index in [0.717, 1.165) is 4.90 Å². The highest BCUT2D eigenvalue weighted by Gasteiger charge is 2.43. The summed E-state index contributed by atoms with van der Waals surface area (Å²) < 4.78 is 34.4. The van der Waals surface area contributed by atoms with Crippen molar-refractivity contribution in [1.82, 2.24) is 31.5 Å². The quantitative estimate of drug-likeness (QED) is 0.0999. The first-order chi connectivity index (χ1) is 34.2. The first-order valence-corrected chi connectivity index (χ1v) is 23.2. The van der Waals surface area contributed by atoms with E-state index in [0.29, 0.717) is 22.6 Å². The van der Waals surface area contributed by atoms with E-state index in [4.69, 9.17) is 28.4 Å². The van der Waals surface area contributed by atoms with Crippen molar-refractivity contribution in [3.63, 3.8) is 0 Å². The van der Waals surface area contributed by atoms with Crippen molar-refractivity contribution >= 4 is 35.6 Å². The number of benzene rings is 3. The summed E-state index contributed by atoms with van der Waals surface area (Å²) in [5.41, 5.74) is -1.66. The minimum absolute atomic E-state index is 0.0181. The Morgan fingerprint density at radius 2 is 1.50 bits per heavy atom. The number of carbonyl (C=O) groups is 6. The van der Waals surface area contributed by atoms with Gasteiger partial charge in [-0.05, 0) is 98.4 Å². The van der Waals surface area contributed by atoms with E-state index >= 15 is 4.79 Å². The summed E-state index contributed by atoms with van der Waals surface area (Å²) in [5.74, 6) is -3.37. The Bertz CT molecular complexity index is 2490. The summed E-state index contributed by atoms with van der Waals surface area (Å²) in [6, 6.07) is 14.0. The number of nitrogens with one attached hydrogen (secondary N) is 5. The van der Waals surface area contributed by atoms with Gasteiger partial charge in [-0.2, -0.15) is 0 Å². The Kier molecular flexibility index (Phi) is 18.6. The maximum atomic E-state index is 15.1. The molecule has 386 valence electrons. The second kappa shape index (κ2) is 24.4. The molecule has 0 fully saturated rings. The van der Waals surface area contributed by atoms with Crippen LogP contribution >= 0.6 is 0 Å². The molecule has 3 aromatic rings. The average molecular weight is 995 g/mol. The van der Waals surface area contributed by atoms with Crippen molar-refractivity contribution in [2.24, 2.45) is 5.92 Å². The molecule has 0 aromatic heterocycles. The van der Waals surface area contributed by atoms with Gasteiger partial charge in [0.25, 0.3) is 5.91 Å². The Hall–Kier alpha value is -7.80. The summed E-state index contributed by atoms with van der Waals surface area (Å²) in [6.07, 6.45) is 2.24. The molecule has 0 unspecified atom stereocenters. The maximum absolute atomic E-state index is 15.1. The zero-order chi connectivity index (χ0) is 52.9. The number of carbonyl (C=O) groups excluding carboxylic acids is 6. The Morgan fingerprint density at radius 3 is 2.01 bits per heavy atom. The molecule has 5 atom stereocenters. The summed E-state index contributed by atoms with van der Waals surface area (Å²) >= 11 is 0. The third-order valence-corrected chi connectivity index (χ3v) is 11.5. The number of hydrogen-bond acceptors (Lipinski definition) is 13. The van der Waals surface area contributed by atoms with Gasteiger partial charge >= 0.3 is 6.09 Å². The van der Waals surface area contributed by atoms with Crippen LogP contribution in [0, 0.1) is 5.92 Å². The predicted molar refractivity (Wildman–Crippen MR) is 266 cm³/mol. The number of amides is 6. The fourth-order valence-electron chi connectivity index (χ4n) is 7.79. The topological polar surface area (TPSA) is 241 Å². The highest BCUT2D eigenvalue weighted by molar-refractivity contribution is 6.00. The lowest BCUT2D eigenvalue weighted by Gasteiger charge is -2.33. The number of nitrogens with zero attached hydrogens (tertiary/aromatic N) is 1. The molecule has 2 aliphatic heterocycles. The molecule has 0 radical (unpaired) electrons. The minimum atomic E-state index is -2.12. The van der Waals surface area contributed by atoms with E-state index in [9.17, 15) is 29.1 Å². The number of fused-ring (bicyclic) bond motifs is 8. The van der Waals surface area contributed by atoms with Crippen molar-refractivity contribution in [1.29, 1.82) is 0 Å². The number of allylic oxidation sites excluding steroid dienone is 1. The zero-order valence-corrected chi connectivity index (χ0v) is 42.3. The van der Waals surface area contributed by atoms with E-state index in [-0.39, 0.29) is 47.5 Å². The number of methoxy groups -OCH3 is 3. The largest absolute Gasteiger partial charge is 0.497 e. The number of rotatable bonds is 17. The van der Waals surface area contributed by atoms with Crippen LogP contribution in [-0.2, 0) is 38.2 Å². The maximum Gasteiger partial charge on any atom is 0.410 e. The van der Waals surface area contributed by atoms with Crippen molar-refractivity contribution in [2.75, 3.05) is 42.0 Å². The number of ether oxygens (including phenoxy) is 6. The summed E-state index contributed by atoms with van der Waals surface area (Å²) in [6.45, 7) is 12.4. The van der Waals surface area contributed by atoms with Gasteiger partial charge in [-0.3, -0.25) is 28.9 Å². The van der Waals surface area contributed by atoms with Gasteiger partial charge in [0.05, 0.1) is 33.8 Å². The fraction of sp³-hybridized carbons (Fsp3) is 0.396. The lowest BCUT2D eigenvalue weighted by Crippen LogP contribution is -2.63. The normalized spacial score (nSPS) is 19.4. The molecular formula is C53H66N6O13. The van der Waals surface area contributed by atoms with E-state index in [1.54, 1.807) is 69.3 Å². The van der Waals surface area contributed by atoms with E-state index in [2.05, 4.69) is 33.2 Å². The lowest BCUT2D eigenvalue weighted by atomic mass is 9.95. The highest BCUT2D eigenvalue weighted by Crippen LogP contribution is 2.32. The van der Waals surface area contributed by atoms with Crippen LogP contribution in [0.4, 0.5) is 4.79 Å². The Labute approximate surface area is 420 Å². The molecule has 19 nitrogen and oxygen atoms in total. The van der Waals surface area contributed by atoms with Gasteiger partial charge in [0, 0.05) is 20.2 Å². The monoisotopic (exact) mass is 994 g/mol. The molecule has 6 N–H and O–H groups in total. The van der Waals surface area contributed by atoms with Gasteiger partial charge in [-0.1, -0.05) is 62.9 Å². The van der Waals surface area contributed by atoms with Crippen LogP contribution in [0.15, 0.2) is 121 Å².